The van der Waals surface area contributed by atoms with Gasteiger partial charge in [0.15, 0.2) is 10.4 Å². The van der Waals surface area contributed by atoms with Crippen LogP contribution < -0.4 is 0 Å². The summed E-state index contributed by atoms with van der Waals surface area (Å²) in [6.45, 7) is 0. The van der Waals surface area contributed by atoms with Gasteiger partial charge in [0.1, 0.15) is 0 Å². The molecular weight excluding hydrogens is 292 g/mol. The van der Waals surface area contributed by atoms with Gasteiger partial charge >= 0.3 is 5.97 Å². The van der Waals surface area contributed by atoms with E-state index in [1.54, 1.807) is 0 Å². The van der Waals surface area contributed by atoms with Gasteiger partial charge in [0, 0.05) is 0 Å². The number of ether oxygens (including phenoxy) is 1. The molecule has 0 aliphatic carbocycles. The van der Waals surface area contributed by atoms with E-state index >= 15 is 0 Å². The Morgan fingerprint density at radius 3 is 2.53 bits per heavy atom. The first-order valence-electron chi connectivity index (χ1n) is 4.59. The molecule has 0 spiro atoms. The highest BCUT2D eigenvalue weighted by Gasteiger charge is 2.20. The monoisotopic (exact) mass is 298 g/mol. The third-order valence-corrected chi connectivity index (χ3v) is 2.69. The maximum Gasteiger partial charge on any atom is 0.373 e. The molecule has 2 heterocycles. The van der Waals surface area contributed by atoms with Gasteiger partial charge in [-0.2, -0.15) is 0 Å². The molecule has 0 saturated carbocycles. The molecule has 0 aromatic carbocycles. The van der Waals surface area contributed by atoms with E-state index in [4.69, 9.17) is 8.83 Å². The molecule has 6 heteroatoms. The number of carbonyl (C=O) groups excluding carboxylic acids is 2. The first-order chi connectivity index (χ1) is 8.13. The van der Waals surface area contributed by atoms with E-state index < -0.39 is 5.97 Å². The van der Waals surface area contributed by atoms with Crippen LogP contribution in [0.5, 0.6) is 0 Å². The average molecular weight is 299 g/mol. The predicted molar refractivity (Wildman–Crippen MR) is 59.9 cm³/mol. The standard InChI is InChI=1S/C11H7BrO5/c1-15-11(14)8-3-2-7(17-8)9(13)6-4-5-16-10(6)12/h2-5H,1H3. The lowest BCUT2D eigenvalue weighted by Crippen LogP contribution is -2.00. The Kier molecular flexibility index (Phi) is 3.14. The molecule has 0 fully saturated rings. The predicted octanol–water partition coefficient (Wildman–Crippen LogP) is 2.65. The molecule has 17 heavy (non-hydrogen) atoms. The van der Waals surface area contributed by atoms with Crippen molar-refractivity contribution in [1.29, 1.82) is 0 Å². The van der Waals surface area contributed by atoms with Crippen molar-refractivity contribution in [3.05, 3.63) is 46.2 Å². The first kappa shape index (κ1) is 11.7. The number of ketones is 1. The summed E-state index contributed by atoms with van der Waals surface area (Å²) >= 11 is 3.09. The van der Waals surface area contributed by atoms with Crippen molar-refractivity contribution >= 4 is 27.7 Å². The zero-order valence-corrected chi connectivity index (χ0v) is 10.3. The Balaban J connectivity index is 2.30. The van der Waals surface area contributed by atoms with Crippen molar-refractivity contribution in [2.24, 2.45) is 0 Å². The maximum atomic E-state index is 11.9. The summed E-state index contributed by atoms with van der Waals surface area (Å²) in [5.41, 5.74) is 0.329. The van der Waals surface area contributed by atoms with Crippen LogP contribution in [0.2, 0.25) is 0 Å². The number of methoxy groups -OCH3 is 1. The molecular formula is C11H7BrO5. The Morgan fingerprint density at radius 1 is 1.24 bits per heavy atom. The van der Waals surface area contributed by atoms with Crippen LogP contribution in [0.1, 0.15) is 26.7 Å². The Bertz CT molecular complexity index is 566. The third kappa shape index (κ3) is 2.16. The summed E-state index contributed by atoms with van der Waals surface area (Å²) in [7, 11) is 1.24. The molecule has 0 aliphatic rings. The summed E-state index contributed by atoms with van der Waals surface area (Å²) in [5.74, 6) is -0.973. The summed E-state index contributed by atoms with van der Waals surface area (Å²) in [6, 6.07) is 4.30. The molecule has 0 atom stereocenters. The molecule has 2 aromatic rings. The smallest absolute Gasteiger partial charge is 0.373 e. The molecule has 0 unspecified atom stereocenters. The Morgan fingerprint density at radius 2 is 1.94 bits per heavy atom. The summed E-state index contributed by atoms with van der Waals surface area (Å²) in [6.07, 6.45) is 1.38. The van der Waals surface area contributed by atoms with Crippen LogP contribution >= 0.6 is 15.9 Å². The minimum absolute atomic E-state index is 0.0181. The fourth-order valence-corrected chi connectivity index (χ4v) is 1.68. The van der Waals surface area contributed by atoms with Crippen LogP contribution in [-0.2, 0) is 4.74 Å². The lowest BCUT2D eigenvalue weighted by molar-refractivity contribution is 0.0563. The number of carbonyl (C=O) groups is 2. The minimum Gasteiger partial charge on any atom is -0.463 e. The van der Waals surface area contributed by atoms with Gasteiger partial charge in [0.05, 0.1) is 18.9 Å². The lowest BCUT2D eigenvalue weighted by Gasteiger charge is -1.94. The molecule has 0 amide bonds. The van der Waals surface area contributed by atoms with Gasteiger partial charge in [-0.1, -0.05) is 0 Å². The lowest BCUT2D eigenvalue weighted by atomic mass is 10.2. The molecule has 2 rings (SSSR count). The number of hydrogen-bond acceptors (Lipinski definition) is 5. The molecule has 0 N–H and O–H groups in total. The third-order valence-electron chi connectivity index (χ3n) is 2.08. The fraction of sp³-hybridized carbons (Fsp3) is 0.0909. The summed E-state index contributed by atoms with van der Waals surface area (Å²) in [5, 5.41) is 0. The number of halogens is 1. The molecule has 2 aromatic heterocycles. The second-order valence-corrected chi connectivity index (χ2v) is 3.81. The van der Waals surface area contributed by atoms with Crippen LogP contribution in [0.25, 0.3) is 0 Å². The zero-order chi connectivity index (χ0) is 12.4. The molecule has 88 valence electrons. The van der Waals surface area contributed by atoms with Crippen molar-refractivity contribution in [2.75, 3.05) is 7.11 Å². The molecule has 0 aliphatic heterocycles. The van der Waals surface area contributed by atoms with Gasteiger partial charge in [-0.05, 0) is 34.1 Å². The van der Waals surface area contributed by atoms with Crippen molar-refractivity contribution in [1.82, 2.24) is 0 Å². The van der Waals surface area contributed by atoms with Crippen LogP contribution in [0, 0.1) is 0 Å². The average Bonchev–Trinajstić information content (AvgIpc) is 2.95. The highest BCUT2D eigenvalue weighted by molar-refractivity contribution is 9.10. The molecule has 0 bridgehead atoms. The zero-order valence-electron chi connectivity index (χ0n) is 8.73. The normalized spacial score (nSPS) is 10.2. The highest BCUT2D eigenvalue weighted by atomic mass is 79.9. The molecule has 5 nitrogen and oxygen atoms in total. The van der Waals surface area contributed by atoms with E-state index in [1.807, 2.05) is 0 Å². The largest absolute Gasteiger partial charge is 0.463 e. The van der Waals surface area contributed by atoms with Crippen LogP contribution in [0.3, 0.4) is 0 Å². The van der Waals surface area contributed by atoms with E-state index in [0.717, 1.165) is 0 Å². The summed E-state index contributed by atoms with van der Waals surface area (Å²) < 4.78 is 14.8. The molecule has 0 saturated heterocycles. The van der Waals surface area contributed by atoms with E-state index in [1.165, 1.54) is 31.6 Å². The van der Waals surface area contributed by atoms with Crippen molar-refractivity contribution in [3.8, 4) is 0 Å². The topological polar surface area (TPSA) is 69.7 Å². The number of esters is 1. The molecule has 0 radical (unpaired) electrons. The van der Waals surface area contributed by atoms with Crippen molar-refractivity contribution in [2.45, 2.75) is 0 Å². The first-order valence-corrected chi connectivity index (χ1v) is 5.38. The second-order valence-electron chi connectivity index (χ2n) is 3.09. The van der Waals surface area contributed by atoms with E-state index in [-0.39, 0.29) is 17.3 Å². The number of furan rings is 2. The quantitative estimate of drug-likeness (QED) is 0.643. The van der Waals surface area contributed by atoms with Gasteiger partial charge in [-0.3, -0.25) is 4.79 Å². The Hall–Kier alpha value is -1.82. The van der Waals surface area contributed by atoms with E-state index in [0.29, 0.717) is 10.2 Å². The van der Waals surface area contributed by atoms with E-state index in [9.17, 15) is 9.59 Å². The summed E-state index contributed by atoms with van der Waals surface area (Å²) in [4.78, 5) is 23.1. The number of hydrogen-bond donors (Lipinski definition) is 0. The minimum atomic E-state index is -0.629. The second kappa shape index (κ2) is 4.58. The van der Waals surface area contributed by atoms with Gasteiger partial charge < -0.3 is 13.6 Å². The van der Waals surface area contributed by atoms with Gasteiger partial charge in [-0.15, -0.1) is 0 Å². The van der Waals surface area contributed by atoms with Gasteiger partial charge in [-0.25, -0.2) is 4.79 Å². The van der Waals surface area contributed by atoms with Crippen molar-refractivity contribution < 1.29 is 23.2 Å². The van der Waals surface area contributed by atoms with Crippen LogP contribution in [-0.4, -0.2) is 18.9 Å². The van der Waals surface area contributed by atoms with Crippen LogP contribution in [0.4, 0.5) is 0 Å². The van der Waals surface area contributed by atoms with Crippen LogP contribution in [0.15, 0.2) is 38.0 Å². The fourth-order valence-electron chi connectivity index (χ4n) is 1.26. The van der Waals surface area contributed by atoms with E-state index in [2.05, 4.69) is 20.7 Å². The van der Waals surface area contributed by atoms with Gasteiger partial charge in [0.25, 0.3) is 0 Å². The number of rotatable bonds is 3. The maximum absolute atomic E-state index is 11.9. The van der Waals surface area contributed by atoms with Crippen molar-refractivity contribution in [3.63, 3.8) is 0 Å². The highest BCUT2D eigenvalue weighted by Crippen LogP contribution is 2.22. The van der Waals surface area contributed by atoms with Gasteiger partial charge in [0.2, 0.25) is 11.5 Å². The Labute approximate surface area is 104 Å². The SMILES string of the molecule is COC(=O)c1ccc(C(=O)c2ccoc2Br)o1.